The number of hydrogen-bond donors (Lipinski definition) is 1. The Hall–Kier alpha value is -2.74. The molecule has 2 aliphatic rings. The Morgan fingerprint density at radius 3 is 2.63 bits per heavy atom. The van der Waals surface area contributed by atoms with Crippen molar-refractivity contribution >= 4 is 5.78 Å². The molecule has 27 heavy (non-hydrogen) atoms. The topological polar surface area (TPSA) is 85.3 Å². The highest BCUT2D eigenvalue weighted by Crippen LogP contribution is 2.47. The fourth-order valence-electron chi connectivity index (χ4n) is 3.71. The molecule has 0 unspecified atom stereocenters. The highest BCUT2D eigenvalue weighted by Gasteiger charge is 2.42. The molecule has 0 aromatic heterocycles. The first-order valence-corrected chi connectivity index (χ1v) is 9.43. The van der Waals surface area contributed by atoms with Crippen molar-refractivity contribution in [1.82, 2.24) is 0 Å². The predicted octanol–water partition coefficient (Wildman–Crippen LogP) is 4.32. The number of nitrogens with zero attached hydrogens (tertiary/aromatic N) is 1. The number of unbranched alkanes of at least 4 members (excludes halogenated alkanes) is 1. The van der Waals surface area contributed by atoms with Gasteiger partial charge in [-0.05, 0) is 29.5 Å². The molecule has 1 aromatic rings. The van der Waals surface area contributed by atoms with Gasteiger partial charge in [0.1, 0.15) is 23.2 Å². The third-order valence-corrected chi connectivity index (χ3v) is 5.06. The third kappa shape index (κ3) is 3.85. The molecule has 1 aliphatic carbocycles. The van der Waals surface area contributed by atoms with E-state index in [0.29, 0.717) is 36.4 Å². The summed E-state index contributed by atoms with van der Waals surface area (Å²) in [6.07, 6.45) is 3.13. The third-order valence-electron chi connectivity index (χ3n) is 5.06. The van der Waals surface area contributed by atoms with Gasteiger partial charge in [0.05, 0.1) is 12.5 Å². The summed E-state index contributed by atoms with van der Waals surface area (Å²) in [5.74, 6) is 1.01. The molecule has 0 radical (unpaired) electrons. The number of ketones is 1. The average molecular weight is 366 g/mol. The molecule has 0 spiro atoms. The smallest absolute Gasteiger partial charge is 0.205 e. The second-order valence-corrected chi connectivity index (χ2v) is 7.97. The minimum absolute atomic E-state index is 0.0229. The second kappa shape index (κ2) is 7.48. The van der Waals surface area contributed by atoms with Crippen molar-refractivity contribution in [2.45, 2.75) is 52.4 Å². The largest absolute Gasteiger partial charge is 0.494 e. The summed E-state index contributed by atoms with van der Waals surface area (Å²) in [7, 11) is 0. The first-order valence-electron chi connectivity index (χ1n) is 9.43. The summed E-state index contributed by atoms with van der Waals surface area (Å²) in [6.45, 7) is 6.86. The van der Waals surface area contributed by atoms with Crippen molar-refractivity contribution in [3.05, 3.63) is 52.6 Å². The zero-order chi connectivity index (χ0) is 19.6. The van der Waals surface area contributed by atoms with Crippen LogP contribution in [0, 0.1) is 16.7 Å². The van der Waals surface area contributed by atoms with E-state index in [1.807, 2.05) is 38.1 Å². The van der Waals surface area contributed by atoms with E-state index in [0.717, 1.165) is 24.2 Å². The Kier molecular flexibility index (Phi) is 5.27. The summed E-state index contributed by atoms with van der Waals surface area (Å²) < 4.78 is 11.4. The lowest BCUT2D eigenvalue weighted by atomic mass is 9.70. The number of carbonyl (C=O) groups excluding carboxylic acids is 1. The van der Waals surface area contributed by atoms with Crippen molar-refractivity contribution in [2.75, 3.05) is 6.61 Å². The maximum absolute atomic E-state index is 12.9. The van der Waals surface area contributed by atoms with E-state index in [4.69, 9.17) is 15.2 Å². The zero-order valence-corrected chi connectivity index (χ0v) is 16.2. The number of carbonyl (C=O) groups is 1. The minimum Gasteiger partial charge on any atom is -0.494 e. The predicted molar refractivity (Wildman–Crippen MR) is 103 cm³/mol. The maximum Gasteiger partial charge on any atom is 0.205 e. The molecule has 2 N–H and O–H groups in total. The number of allylic oxidation sites excluding steroid dienone is 3. The van der Waals surface area contributed by atoms with Crippen LogP contribution in [0.4, 0.5) is 0 Å². The molecule has 1 aromatic carbocycles. The summed E-state index contributed by atoms with van der Waals surface area (Å²) in [5, 5.41) is 9.64. The zero-order valence-electron chi connectivity index (χ0n) is 16.2. The number of nitrogens with two attached hydrogens (primary N) is 1. The lowest BCUT2D eigenvalue weighted by molar-refractivity contribution is -0.119. The highest BCUT2D eigenvalue weighted by molar-refractivity contribution is 6.00. The second-order valence-electron chi connectivity index (χ2n) is 7.97. The van der Waals surface area contributed by atoms with Gasteiger partial charge in [0, 0.05) is 18.4 Å². The Labute approximate surface area is 160 Å². The first-order chi connectivity index (χ1) is 12.9. The number of rotatable bonds is 5. The van der Waals surface area contributed by atoms with Crippen molar-refractivity contribution in [3.63, 3.8) is 0 Å². The van der Waals surface area contributed by atoms with Gasteiger partial charge in [0.25, 0.3) is 0 Å². The first kappa shape index (κ1) is 19.0. The standard InChI is InChI=1S/C22H26N2O3/c1-4-5-10-26-15-8-6-14(7-9-15)19-16(13-23)21(24)27-18-12-22(2,3)11-17(25)20(18)19/h6-9,19H,4-5,10-12,24H2,1-3H3/t19-/m1/s1. The van der Waals surface area contributed by atoms with E-state index in [1.54, 1.807) is 0 Å². The average Bonchev–Trinajstić information content (AvgIpc) is 2.60. The minimum atomic E-state index is -0.480. The molecule has 0 saturated carbocycles. The van der Waals surface area contributed by atoms with Gasteiger partial charge in [-0.2, -0.15) is 5.26 Å². The van der Waals surface area contributed by atoms with E-state index in [-0.39, 0.29) is 17.1 Å². The van der Waals surface area contributed by atoms with Crippen molar-refractivity contribution < 1.29 is 14.3 Å². The van der Waals surface area contributed by atoms with E-state index in [1.165, 1.54) is 0 Å². The Morgan fingerprint density at radius 2 is 2.00 bits per heavy atom. The summed E-state index contributed by atoms with van der Waals surface area (Å²) >= 11 is 0. The molecule has 1 atom stereocenters. The van der Waals surface area contributed by atoms with Crippen molar-refractivity contribution in [1.29, 1.82) is 5.26 Å². The van der Waals surface area contributed by atoms with Crippen LogP contribution < -0.4 is 10.5 Å². The molecular formula is C22H26N2O3. The van der Waals surface area contributed by atoms with Gasteiger partial charge in [-0.25, -0.2) is 0 Å². The fraction of sp³-hybridized carbons (Fsp3) is 0.455. The van der Waals surface area contributed by atoms with Crippen molar-refractivity contribution in [3.8, 4) is 11.8 Å². The van der Waals surface area contributed by atoms with Gasteiger partial charge in [0.2, 0.25) is 5.88 Å². The molecule has 1 heterocycles. The number of benzene rings is 1. The van der Waals surface area contributed by atoms with Crippen molar-refractivity contribution in [2.24, 2.45) is 11.1 Å². The van der Waals surface area contributed by atoms with Crippen LogP contribution in [0.3, 0.4) is 0 Å². The molecule has 5 nitrogen and oxygen atoms in total. The van der Waals surface area contributed by atoms with Gasteiger partial charge >= 0.3 is 0 Å². The van der Waals surface area contributed by atoms with Gasteiger partial charge in [-0.1, -0.05) is 39.3 Å². The van der Waals surface area contributed by atoms with Crippen LogP contribution in [-0.4, -0.2) is 12.4 Å². The molecular weight excluding hydrogens is 340 g/mol. The molecule has 0 saturated heterocycles. The maximum atomic E-state index is 12.9. The SMILES string of the molecule is CCCCOc1ccc([C@@H]2C(C#N)=C(N)OC3=C2C(=O)CC(C)(C)C3)cc1. The summed E-state index contributed by atoms with van der Waals surface area (Å²) in [6, 6.07) is 9.71. The normalized spacial score (nSPS) is 21.4. The van der Waals surface area contributed by atoms with Gasteiger partial charge < -0.3 is 15.2 Å². The van der Waals surface area contributed by atoms with E-state index >= 15 is 0 Å². The molecule has 0 amide bonds. The van der Waals surface area contributed by atoms with Crippen LogP contribution in [0.2, 0.25) is 0 Å². The molecule has 0 bridgehead atoms. The summed E-state index contributed by atoms with van der Waals surface area (Å²) in [5.41, 5.74) is 7.57. The van der Waals surface area contributed by atoms with E-state index < -0.39 is 5.92 Å². The lowest BCUT2D eigenvalue weighted by Crippen LogP contribution is -2.33. The highest BCUT2D eigenvalue weighted by atomic mass is 16.5. The molecule has 0 fully saturated rings. The van der Waals surface area contributed by atoms with Crippen LogP contribution in [0.25, 0.3) is 0 Å². The Morgan fingerprint density at radius 1 is 1.30 bits per heavy atom. The van der Waals surface area contributed by atoms with Crippen LogP contribution >= 0.6 is 0 Å². The fourth-order valence-corrected chi connectivity index (χ4v) is 3.71. The van der Waals surface area contributed by atoms with Crippen LogP contribution in [0.15, 0.2) is 47.1 Å². The number of Topliss-reactive ketones (excluding diaryl/α,β-unsaturated/α-hetero) is 1. The van der Waals surface area contributed by atoms with E-state index in [2.05, 4.69) is 13.0 Å². The Balaban J connectivity index is 1.97. The van der Waals surface area contributed by atoms with Crippen LogP contribution in [-0.2, 0) is 9.53 Å². The van der Waals surface area contributed by atoms with Gasteiger partial charge in [-0.3, -0.25) is 4.79 Å². The molecule has 3 rings (SSSR count). The molecule has 142 valence electrons. The summed E-state index contributed by atoms with van der Waals surface area (Å²) in [4.78, 5) is 12.9. The van der Waals surface area contributed by atoms with Gasteiger partial charge in [-0.15, -0.1) is 0 Å². The number of nitriles is 1. The number of hydrogen-bond acceptors (Lipinski definition) is 5. The van der Waals surface area contributed by atoms with Gasteiger partial charge in [0.15, 0.2) is 5.78 Å². The van der Waals surface area contributed by atoms with Crippen LogP contribution in [0.5, 0.6) is 5.75 Å². The Bertz CT molecular complexity index is 841. The monoisotopic (exact) mass is 366 g/mol. The molecule has 1 aliphatic heterocycles. The van der Waals surface area contributed by atoms with E-state index in [9.17, 15) is 10.1 Å². The number of ether oxygens (including phenoxy) is 2. The molecule has 5 heteroatoms. The lowest BCUT2D eigenvalue weighted by Gasteiger charge is -2.37. The quantitative estimate of drug-likeness (QED) is 0.785. The van der Waals surface area contributed by atoms with Crippen LogP contribution in [0.1, 0.15) is 57.9 Å².